The van der Waals surface area contributed by atoms with Crippen LogP contribution in [0.4, 0.5) is 0 Å². The molecule has 6 heteroatoms. The van der Waals surface area contributed by atoms with Crippen LogP contribution in [0.5, 0.6) is 0 Å². The summed E-state index contributed by atoms with van der Waals surface area (Å²) >= 11 is 3.42. The molecule has 1 fully saturated rings. The number of halogens is 1. The number of alkyl halides is 1. The van der Waals surface area contributed by atoms with Crippen molar-refractivity contribution in [2.24, 2.45) is 11.1 Å². The molecule has 0 bridgehead atoms. The van der Waals surface area contributed by atoms with E-state index in [9.17, 15) is 4.79 Å². The second kappa shape index (κ2) is 6.41. The molecule has 19 heavy (non-hydrogen) atoms. The highest BCUT2D eigenvalue weighted by molar-refractivity contribution is 9.09. The molecule has 0 aromatic carbocycles. The fourth-order valence-electron chi connectivity index (χ4n) is 2.70. The van der Waals surface area contributed by atoms with E-state index in [1.807, 2.05) is 19.3 Å². The summed E-state index contributed by atoms with van der Waals surface area (Å²) < 4.78 is 0. The molecule has 0 radical (unpaired) electrons. The summed E-state index contributed by atoms with van der Waals surface area (Å²) in [5, 5.41) is 13.5. The van der Waals surface area contributed by atoms with Crippen LogP contribution >= 0.6 is 15.9 Å². The van der Waals surface area contributed by atoms with Crippen molar-refractivity contribution in [1.82, 2.24) is 9.80 Å². The van der Waals surface area contributed by atoms with E-state index in [1.54, 1.807) is 4.90 Å². The molecule has 106 valence electrons. The number of likely N-dealkylation sites (tertiary alicyclic amines) is 1. The predicted octanol–water partition coefficient (Wildman–Crippen LogP) is 1.67. The van der Waals surface area contributed by atoms with Gasteiger partial charge in [-0.2, -0.15) is 0 Å². The number of oxime groups is 1. The highest BCUT2D eigenvalue weighted by Crippen LogP contribution is 2.28. The Bertz CT molecular complexity index is 397. The molecule has 0 aliphatic carbocycles. The van der Waals surface area contributed by atoms with Gasteiger partial charge in [-0.05, 0) is 19.0 Å². The van der Waals surface area contributed by atoms with Gasteiger partial charge in [0.1, 0.15) is 6.04 Å². The van der Waals surface area contributed by atoms with Gasteiger partial charge < -0.3 is 15.0 Å². The Morgan fingerprint density at radius 1 is 1.53 bits per heavy atom. The van der Waals surface area contributed by atoms with Crippen molar-refractivity contribution >= 4 is 27.5 Å². The standard InChI is InChI=1S/C13H20BrN3O2/c1-16-8-5-11(15-19)10-4-9-17(7-3-2-6-14)12(10)13(16)18/h4,9-10,12,19H,2-3,5-8H2,1H3/b15-11-. The highest BCUT2D eigenvalue weighted by atomic mass is 79.9. The molecule has 2 rings (SSSR count). The smallest absolute Gasteiger partial charge is 0.246 e. The fourth-order valence-corrected chi connectivity index (χ4v) is 3.10. The van der Waals surface area contributed by atoms with E-state index in [-0.39, 0.29) is 17.9 Å². The van der Waals surface area contributed by atoms with Crippen molar-refractivity contribution in [3.05, 3.63) is 12.3 Å². The number of carbonyl (C=O) groups excluding carboxylic acids is 1. The Labute approximate surface area is 122 Å². The molecular formula is C13H20BrN3O2. The molecule has 0 aromatic heterocycles. The maximum Gasteiger partial charge on any atom is 0.246 e. The molecule has 0 aromatic rings. The Kier molecular flexibility index (Phi) is 4.85. The number of rotatable bonds is 4. The number of likely N-dealkylation sites (N-methyl/N-ethyl adjacent to an activating group) is 1. The van der Waals surface area contributed by atoms with E-state index in [0.717, 1.165) is 24.7 Å². The lowest BCUT2D eigenvalue weighted by atomic mass is 9.95. The number of amides is 1. The summed E-state index contributed by atoms with van der Waals surface area (Å²) in [6.07, 6.45) is 6.74. The number of unbranched alkanes of at least 4 members (excludes halogenated alkanes) is 1. The van der Waals surface area contributed by atoms with Crippen LogP contribution < -0.4 is 0 Å². The van der Waals surface area contributed by atoms with Crippen molar-refractivity contribution in [2.45, 2.75) is 25.3 Å². The molecular weight excluding hydrogens is 310 g/mol. The summed E-state index contributed by atoms with van der Waals surface area (Å²) in [6, 6.07) is -0.228. The normalized spacial score (nSPS) is 28.9. The van der Waals surface area contributed by atoms with Crippen LogP contribution in [-0.2, 0) is 4.79 Å². The van der Waals surface area contributed by atoms with E-state index in [2.05, 4.69) is 26.0 Å². The summed E-state index contributed by atoms with van der Waals surface area (Å²) in [7, 11) is 1.81. The lowest BCUT2D eigenvalue weighted by Crippen LogP contribution is -2.46. The third kappa shape index (κ3) is 2.94. The number of hydrogen-bond donors (Lipinski definition) is 1. The average Bonchev–Trinajstić information content (AvgIpc) is 2.77. The summed E-state index contributed by atoms with van der Waals surface area (Å²) in [5.41, 5.74) is 0.710. The zero-order valence-electron chi connectivity index (χ0n) is 11.1. The first-order valence-electron chi connectivity index (χ1n) is 6.65. The third-order valence-corrected chi connectivity index (χ3v) is 4.39. The van der Waals surface area contributed by atoms with Crippen LogP contribution in [0, 0.1) is 5.92 Å². The second-order valence-corrected chi connectivity index (χ2v) is 5.84. The molecule has 1 saturated heterocycles. The molecule has 0 spiro atoms. The van der Waals surface area contributed by atoms with Gasteiger partial charge in [0.15, 0.2) is 0 Å². The SMILES string of the molecule is CN1CC/C(=N/O)C2C=CN(CCCCBr)C2C1=O. The largest absolute Gasteiger partial charge is 0.411 e. The van der Waals surface area contributed by atoms with E-state index in [4.69, 9.17) is 5.21 Å². The minimum absolute atomic E-state index is 0.0774. The first kappa shape index (κ1) is 14.4. The summed E-state index contributed by atoms with van der Waals surface area (Å²) in [5.74, 6) is 0.0407. The van der Waals surface area contributed by atoms with Gasteiger partial charge in [-0.3, -0.25) is 4.79 Å². The lowest BCUT2D eigenvalue weighted by Gasteiger charge is -2.29. The number of fused-ring (bicyclic) bond motifs is 1. The zero-order chi connectivity index (χ0) is 13.8. The first-order valence-corrected chi connectivity index (χ1v) is 7.77. The zero-order valence-corrected chi connectivity index (χ0v) is 12.7. The van der Waals surface area contributed by atoms with Crippen molar-refractivity contribution in [3.63, 3.8) is 0 Å². The molecule has 2 heterocycles. The first-order chi connectivity index (χ1) is 9.19. The number of nitrogens with zero attached hydrogens (tertiary/aromatic N) is 3. The average molecular weight is 330 g/mol. The van der Waals surface area contributed by atoms with Gasteiger partial charge in [0.25, 0.3) is 0 Å². The van der Waals surface area contributed by atoms with Crippen LogP contribution in [0.3, 0.4) is 0 Å². The van der Waals surface area contributed by atoms with E-state index in [1.165, 1.54) is 0 Å². The Morgan fingerprint density at radius 2 is 2.32 bits per heavy atom. The lowest BCUT2D eigenvalue weighted by molar-refractivity contribution is -0.134. The maximum absolute atomic E-state index is 12.4. The fraction of sp³-hybridized carbons (Fsp3) is 0.692. The van der Waals surface area contributed by atoms with E-state index in [0.29, 0.717) is 18.7 Å². The molecule has 2 unspecified atom stereocenters. The number of carbonyl (C=O) groups is 1. The van der Waals surface area contributed by atoms with Crippen LogP contribution in [-0.4, -0.2) is 58.1 Å². The number of hydrogen-bond acceptors (Lipinski definition) is 4. The topological polar surface area (TPSA) is 56.1 Å². The van der Waals surface area contributed by atoms with Crippen molar-refractivity contribution in [3.8, 4) is 0 Å². The summed E-state index contributed by atoms with van der Waals surface area (Å²) in [6.45, 7) is 1.48. The molecule has 0 saturated carbocycles. The monoisotopic (exact) mass is 329 g/mol. The third-order valence-electron chi connectivity index (χ3n) is 3.83. The van der Waals surface area contributed by atoms with E-state index >= 15 is 0 Å². The van der Waals surface area contributed by atoms with Gasteiger partial charge in [0.05, 0.1) is 5.71 Å². The minimum Gasteiger partial charge on any atom is -0.411 e. The van der Waals surface area contributed by atoms with Crippen LogP contribution in [0.25, 0.3) is 0 Å². The maximum atomic E-state index is 12.4. The molecule has 2 aliphatic rings. The van der Waals surface area contributed by atoms with Gasteiger partial charge in [-0.15, -0.1) is 0 Å². The van der Waals surface area contributed by atoms with Gasteiger partial charge in [0, 0.05) is 37.8 Å². The predicted molar refractivity (Wildman–Crippen MR) is 77.6 cm³/mol. The molecule has 2 aliphatic heterocycles. The van der Waals surface area contributed by atoms with Gasteiger partial charge >= 0.3 is 0 Å². The van der Waals surface area contributed by atoms with Crippen LogP contribution in [0.1, 0.15) is 19.3 Å². The van der Waals surface area contributed by atoms with Crippen molar-refractivity contribution < 1.29 is 10.0 Å². The molecule has 1 N–H and O–H groups in total. The second-order valence-electron chi connectivity index (χ2n) is 5.05. The van der Waals surface area contributed by atoms with Crippen LogP contribution in [0.2, 0.25) is 0 Å². The summed E-state index contributed by atoms with van der Waals surface area (Å²) in [4.78, 5) is 16.3. The Morgan fingerprint density at radius 3 is 3.00 bits per heavy atom. The van der Waals surface area contributed by atoms with Crippen molar-refractivity contribution in [1.29, 1.82) is 0 Å². The van der Waals surface area contributed by atoms with Gasteiger partial charge in [-0.25, -0.2) is 0 Å². The Balaban J connectivity index is 2.14. The molecule has 2 atom stereocenters. The van der Waals surface area contributed by atoms with Gasteiger partial charge in [0.2, 0.25) is 5.91 Å². The van der Waals surface area contributed by atoms with Crippen LogP contribution in [0.15, 0.2) is 17.4 Å². The Hall–Kier alpha value is -1.04. The van der Waals surface area contributed by atoms with Gasteiger partial charge in [-0.1, -0.05) is 27.2 Å². The molecule has 1 amide bonds. The minimum atomic E-state index is -0.228. The van der Waals surface area contributed by atoms with E-state index < -0.39 is 0 Å². The van der Waals surface area contributed by atoms with Crippen molar-refractivity contribution in [2.75, 3.05) is 25.5 Å². The highest BCUT2D eigenvalue weighted by Gasteiger charge is 2.41. The molecule has 5 nitrogen and oxygen atoms in total. The quantitative estimate of drug-likeness (QED) is 0.369.